The summed E-state index contributed by atoms with van der Waals surface area (Å²) in [5.41, 5.74) is 2.26. The number of hydrogen-bond acceptors (Lipinski definition) is 5. The van der Waals surface area contributed by atoms with Gasteiger partial charge in [-0.1, -0.05) is 30.3 Å². The Bertz CT molecular complexity index is 814. The predicted molar refractivity (Wildman–Crippen MR) is 94.7 cm³/mol. The molecule has 118 valence electrons. The van der Waals surface area contributed by atoms with Gasteiger partial charge in [0.15, 0.2) is 0 Å². The van der Waals surface area contributed by atoms with Crippen molar-refractivity contribution in [3.8, 4) is 11.1 Å². The first-order chi connectivity index (χ1) is 11.2. The Kier molecular flexibility index (Phi) is 4.52. The van der Waals surface area contributed by atoms with Gasteiger partial charge >= 0.3 is 0 Å². The van der Waals surface area contributed by atoms with Crippen molar-refractivity contribution in [2.75, 3.05) is 26.0 Å². The number of amides is 1. The lowest BCUT2D eigenvalue weighted by molar-refractivity contribution is -0.128. The number of carbonyl (C=O) groups excluding carboxylic acids is 1. The summed E-state index contributed by atoms with van der Waals surface area (Å²) in [5, 5.41) is 6.39. The highest BCUT2D eigenvalue weighted by atomic mass is 32.1. The summed E-state index contributed by atoms with van der Waals surface area (Å²) >= 11 is 1.60. The molecule has 0 saturated heterocycles. The van der Waals surface area contributed by atoms with Crippen LogP contribution in [0.25, 0.3) is 21.3 Å². The van der Waals surface area contributed by atoms with E-state index in [1.165, 1.54) is 0 Å². The van der Waals surface area contributed by atoms with Gasteiger partial charge in [-0.25, -0.2) is 9.97 Å². The maximum atomic E-state index is 11.7. The minimum atomic E-state index is 0.0939. The average molecular weight is 326 g/mol. The second kappa shape index (κ2) is 6.75. The van der Waals surface area contributed by atoms with Gasteiger partial charge in [-0.3, -0.25) is 4.79 Å². The average Bonchev–Trinajstić information content (AvgIpc) is 3.00. The van der Waals surface area contributed by atoms with Gasteiger partial charge in [0.25, 0.3) is 0 Å². The Morgan fingerprint density at radius 2 is 2.00 bits per heavy atom. The summed E-state index contributed by atoms with van der Waals surface area (Å²) in [7, 11) is 3.52. The van der Waals surface area contributed by atoms with E-state index in [2.05, 4.69) is 32.8 Å². The van der Waals surface area contributed by atoms with Crippen molar-refractivity contribution >= 4 is 33.3 Å². The first kappa shape index (κ1) is 15.4. The molecule has 6 heteroatoms. The summed E-state index contributed by atoms with van der Waals surface area (Å²) in [6.07, 6.45) is 1.99. The van der Waals surface area contributed by atoms with Crippen molar-refractivity contribution in [1.82, 2.24) is 14.9 Å². The van der Waals surface area contributed by atoms with E-state index in [9.17, 15) is 4.79 Å². The number of rotatable bonds is 5. The quantitative estimate of drug-likeness (QED) is 0.782. The maximum Gasteiger partial charge on any atom is 0.223 e. The Labute approximate surface area is 139 Å². The topological polar surface area (TPSA) is 58.1 Å². The van der Waals surface area contributed by atoms with Crippen LogP contribution in [0.1, 0.15) is 6.42 Å². The monoisotopic (exact) mass is 326 g/mol. The fourth-order valence-electron chi connectivity index (χ4n) is 2.35. The van der Waals surface area contributed by atoms with Crippen molar-refractivity contribution in [1.29, 1.82) is 0 Å². The predicted octanol–water partition coefficient (Wildman–Crippen LogP) is 3.25. The molecule has 0 saturated carbocycles. The van der Waals surface area contributed by atoms with Crippen LogP contribution in [0.2, 0.25) is 0 Å². The van der Waals surface area contributed by atoms with Gasteiger partial charge in [0.05, 0.1) is 5.39 Å². The second-order valence-electron chi connectivity index (χ2n) is 5.38. The van der Waals surface area contributed by atoms with Crippen LogP contribution in [0.15, 0.2) is 42.0 Å². The molecule has 1 aromatic carbocycles. The molecular formula is C17H18N4OS. The minimum absolute atomic E-state index is 0.0939. The van der Waals surface area contributed by atoms with Gasteiger partial charge in [-0.15, -0.1) is 11.3 Å². The van der Waals surface area contributed by atoms with Crippen LogP contribution in [-0.4, -0.2) is 41.4 Å². The van der Waals surface area contributed by atoms with Gasteiger partial charge in [-0.2, -0.15) is 0 Å². The summed E-state index contributed by atoms with van der Waals surface area (Å²) in [4.78, 5) is 22.9. The van der Waals surface area contributed by atoms with Gasteiger partial charge in [0.2, 0.25) is 5.91 Å². The summed E-state index contributed by atoms with van der Waals surface area (Å²) < 4.78 is 0. The third kappa shape index (κ3) is 3.32. The van der Waals surface area contributed by atoms with E-state index < -0.39 is 0 Å². The molecule has 2 aromatic heterocycles. The molecular weight excluding hydrogens is 308 g/mol. The molecule has 1 N–H and O–H groups in total. The number of hydrogen-bond donors (Lipinski definition) is 1. The molecule has 3 rings (SSSR count). The van der Waals surface area contributed by atoms with E-state index in [4.69, 9.17) is 0 Å². The lowest BCUT2D eigenvalue weighted by atomic mass is 10.1. The van der Waals surface area contributed by atoms with E-state index in [-0.39, 0.29) is 5.91 Å². The lowest BCUT2D eigenvalue weighted by Gasteiger charge is -2.11. The van der Waals surface area contributed by atoms with Crippen LogP contribution >= 0.6 is 11.3 Å². The van der Waals surface area contributed by atoms with Gasteiger partial charge in [-0.05, 0) is 5.56 Å². The fraction of sp³-hybridized carbons (Fsp3) is 0.235. The first-order valence-electron chi connectivity index (χ1n) is 7.38. The molecule has 0 atom stereocenters. The highest BCUT2D eigenvalue weighted by Gasteiger charge is 2.13. The van der Waals surface area contributed by atoms with Gasteiger partial charge in [0.1, 0.15) is 17.0 Å². The number of anilines is 1. The summed E-state index contributed by atoms with van der Waals surface area (Å²) in [5.74, 6) is 0.873. The molecule has 2 heterocycles. The second-order valence-corrected chi connectivity index (χ2v) is 6.24. The van der Waals surface area contributed by atoms with Gasteiger partial charge < -0.3 is 10.2 Å². The van der Waals surface area contributed by atoms with E-state index in [1.54, 1.807) is 36.7 Å². The molecule has 0 aliphatic heterocycles. The number of aromatic nitrogens is 2. The smallest absolute Gasteiger partial charge is 0.223 e. The van der Waals surface area contributed by atoms with E-state index >= 15 is 0 Å². The van der Waals surface area contributed by atoms with E-state index in [1.807, 2.05) is 18.2 Å². The molecule has 0 aliphatic rings. The van der Waals surface area contributed by atoms with Crippen LogP contribution in [0.3, 0.4) is 0 Å². The Morgan fingerprint density at radius 1 is 1.22 bits per heavy atom. The third-order valence-corrected chi connectivity index (χ3v) is 4.47. The Hall–Kier alpha value is -2.47. The number of fused-ring (bicyclic) bond motifs is 1. The van der Waals surface area contributed by atoms with Crippen molar-refractivity contribution in [3.63, 3.8) is 0 Å². The molecule has 0 aliphatic carbocycles. The van der Waals surface area contributed by atoms with Crippen molar-refractivity contribution in [2.24, 2.45) is 0 Å². The van der Waals surface area contributed by atoms with Crippen LogP contribution < -0.4 is 5.32 Å². The normalized spacial score (nSPS) is 10.7. The van der Waals surface area contributed by atoms with Crippen LogP contribution in [-0.2, 0) is 4.79 Å². The molecule has 0 fully saturated rings. The molecule has 1 amide bonds. The number of nitrogens with zero attached hydrogens (tertiary/aromatic N) is 3. The van der Waals surface area contributed by atoms with E-state index in [0.717, 1.165) is 27.2 Å². The molecule has 0 unspecified atom stereocenters. The zero-order valence-corrected chi connectivity index (χ0v) is 13.9. The molecule has 23 heavy (non-hydrogen) atoms. The van der Waals surface area contributed by atoms with Crippen LogP contribution in [0.5, 0.6) is 0 Å². The summed E-state index contributed by atoms with van der Waals surface area (Å²) in [6.45, 7) is 0.549. The number of thiophene rings is 1. The van der Waals surface area contributed by atoms with Gasteiger partial charge in [0, 0.05) is 38.0 Å². The van der Waals surface area contributed by atoms with Crippen molar-refractivity contribution < 1.29 is 4.79 Å². The third-order valence-electron chi connectivity index (χ3n) is 3.59. The molecule has 0 radical (unpaired) electrons. The SMILES string of the molecule is CN(C)C(=O)CCNc1ncnc2scc(-c3ccccc3)c12. The molecule has 0 bridgehead atoms. The van der Waals surface area contributed by atoms with Crippen molar-refractivity contribution in [3.05, 3.63) is 42.0 Å². The molecule has 5 nitrogen and oxygen atoms in total. The number of carbonyl (C=O) groups is 1. The lowest BCUT2D eigenvalue weighted by Crippen LogP contribution is -2.24. The first-order valence-corrected chi connectivity index (χ1v) is 8.26. The highest BCUT2D eigenvalue weighted by Crippen LogP contribution is 2.36. The molecule has 3 aromatic rings. The zero-order valence-electron chi connectivity index (χ0n) is 13.1. The Morgan fingerprint density at radius 3 is 2.74 bits per heavy atom. The molecule has 0 spiro atoms. The van der Waals surface area contributed by atoms with Crippen LogP contribution in [0, 0.1) is 0 Å². The largest absolute Gasteiger partial charge is 0.369 e. The van der Waals surface area contributed by atoms with Crippen molar-refractivity contribution in [2.45, 2.75) is 6.42 Å². The standard InChI is InChI=1S/C17H18N4OS/c1-21(2)14(22)8-9-18-16-15-13(12-6-4-3-5-7-12)10-23-17(15)20-11-19-16/h3-7,10-11H,8-9H2,1-2H3,(H,18,19,20). The zero-order chi connectivity index (χ0) is 16.2. The highest BCUT2D eigenvalue weighted by molar-refractivity contribution is 7.17. The maximum absolute atomic E-state index is 11.7. The number of nitrogens with one attached hydrogen (secondary N) is 1. The fourth-order valence-corrected chi connectivity index (χ4v) is 3.27. The summed E-state index contributed by atoms with van der Waals surface area (Å²) in [6, 6.07) is 10.2. The van der Waals surface area contributed by atoms with Crippen LogP contribution in [0.4, 0.5) is 5.82 Å². The Balaban J connectivity index is 1.89. The van der Waals surface area contributed by atoms with E-state index in [0.29, 0.717) is 13.0 Å². The minimum Gasteiger partial charge on any atom is -0.369 e. The number of benzene rings is 1.